The highest BCUT2D eigenvalue weighted by molar-refractivity contribution is 6.20. The summed E-state index contributed by atoms with van der Waals surface area (Å²) < 4.78 is 0. The Bertz CT molecular complexity index is 311. The van der Waals surface area contributed by atoms with Gasteiger partial charge >= 0.3 is 5.50 Å². The van der Waals surface area contributed by atoms with Gasteiger partial charge in [0.2, 0.25) is 0 Å². The van der Waals surface area contributed by atoms with Gasteiger partial charge in [0.1, 0.15) is 0 Å². The molecule has 0 N–H and O–H groups in total. The van der Waals surface area contributed by atoms with Crippen LogP contribution in [0.2, 0.25) is 0 Å². The van der Waals surface area contributed by atoms with Crippen molar-refractivity contribution < 1.29 is 4.92 Å². The summed E-state index contributed by atoms with van der Waals surface area (Å²) in [7, 11) is 0. The summed E-state index contributed by atoms with van der Waals surface area (Å²) in [6, 6.07) is 9.28. The third-order valence-corrected chi connectivity index (χ3v) is 1.75. The Morgan fingerprint density at radius 1 is 1.38 bits per heavy atom. The molecular weight excluding hydrogens is 190 g/mol. The van der Waals surface area contributed by atoms with Gasteiger partial charge in [-0.2, -0.15) is 0 Å². The predicted octanol–water partition coefficient (Wildman–Crippen LogP) is 2.54. The molecule has 0 fully saturated rings. The van der Waals surface area contributed by atoms with Crippen molar-refractivity contribution in [3.8, 4) is 0 Å². The van der Waals surface area contributed by atoms with Crippen molar-refractivity contribution in [2.75, 3.05) is 0 Å². The smallest absolute Gasteiger partial charge is 0.263 e. The van der Waals surface area contributed by atoms with Gasteiger partial charge in [-0.1, -0.05) is 36.4 Å². The van der Waals surface area contributed by atoms with Crippen molar-refractivity contribution in [2.24, 2.45) is 0 Å². The molecule has 1 atom stereocenters. The number of alkyl halides is 1. The zero-order valence-electron chi connectivity index (χ0n) is 6.76. The lowest BCUT2D eigenvalue weighted by Gasteiger charge is -1.93. The second-order valence-corrected chi connectivity index (χ2v) is 2.87. The fourth-order valence-corrected chi connectivity index (χ4v) is 0.898. The van der Waals surface area contributed by atoms with E-state index in [1.807, 2.05) is 30.3 Å². The van der Waals surface area contributed by atoms with Gasteiger partial charge in [-0.3, -0.25) is 10.1 Å². The Labute approximate surface area is 80.8 Å². The maximum atomic E-state index is 10.1. The van der Waals surface area contributed by atoms with Gasteiger partial charge in [-0.15, -0.1) is 0 Å². The molecule has 1 unspecified atom stereocenters. The van der Waals surface area contributed by atoms with Crippen molar-refractivity contribution in [2.45, 2.75) is 5.50 Å². The molecule has 0 bridgehead atoms. The second-order valence-electron chi connectivity index (χ2n) is 2.43. The largest absolute Gasteiger partial charge is 0.304 e. The molecule has 1 rings (SSSR count). The maximum Gasteiger partial charge on any atom is 0.304 e. The van der Waals surface area contributed by atoms with Crippen LogP contribution in [0, 0.1) is 10.1 Å². The minimum Gasteiger partial charge on any atom is -0.263 e. The number of nitro groups is 1. The van der Waals surface area contributed by atoms with E-state index in [1.165, 1.54) is 6.08 Å². The van der Waals surface area contributed by atoms with E-state index in [4.69, 9.17) is 11.6 Å². The Morgan fingerprint density at radius 2 is 2.00 bits per heavy atom. The fourth-order valence-electron chi connectivity index (χ4n) is 0.825. The molecule has 0 aliphatic carbocycles. The lowest BCUT2D eigenvalue weighted by molar-refractivity contribution is -0.485. The Hall–Kier alpha value is -1.35. The average Bonchev–Trinajstić information content (AvgIpc) is 2.15. The highest BCUT2D eigenvalue weighted by atomic mass is 35.5. The highest BCUT2D eigenvalue weighted by Gasteiger charge is 2.08. The lowest BCUT2D eigenvalue weighted by atomic mass is 10.2. The zero-order valence-corrected chi connectivity index (χ0v) is 7.52. The minimum atomic E-state index is -1.15. The predicted molar refractivity (Wildman–Crippen MR) is 52.1 cm³/mol. The molecule has 13 heavy (non-hydrogen) atoms. The molecule has 0 spiro atoms. The van der Waals surface area contributed by atoms with Crippen molar-refractivity contribution in [1.82, 2.24) is 0 Å². The summed E-state index contributed by atoms with van der Waals surface area (Å²) in [5, 5.41) is 10.1. The molecule has 1 aromatic rings. The molecule has 0 aromatic heterocycles. The molecule has 0 aliphatic rings. The third-order valence-electron chi connectivity index (χ3n) is 1.45. The van der Waals surface area contributed by atoms with E-state index in [-0.39, 0.29) is 0 Å². The molecular formula is C9H8ClNO2. The first-order valence-corrected chi connectivity index (χ1v) is 4.14. The average molecular weight is 198 g/mol. The summed E-state index contributed by atoms with van der Waals surface area (Å²) in [5.41, 5.74) is -0.254. The number of rotatable bonds is 3. The van der Waals surface area contributed by atoms with E-state index in [0.717, 1.165) is 5.56 Å². The normalized spacial score (nSPS) is 13.0. The van der Waals surface area contributed by atoms with Crippen LogP contribution in [-0.4, -0.2) is 10.4 Å². The molecule has 0 amide bonds. The van der Waals surface area contributed by atoms with Gasteiger partial charge in [0.25, 0.3) is 0 Å². The van der Waals surface area contributed by atoms with Crippen molar-refractivity contribution >= 4 is 17.7 Å². The SMILES string of the molecule is O=[N+]([O-])C(Cl)C=Cc1ccccc1. The van der Waals surface area contributed by atoms with Crippen LogP contribution in [0.4, 0.5) is 0 Å². The molecule has 1 aromatic carbocycles. The highest BCUT2D eigenvalue weighted by Crippen LogP contribution is 2.05. The van der Waals surface area contributed by atoms with E-state index in [0.29, 0.717) is 0 Å². The first kappa shape index (κ1) is 9.74. The van der Waals surface area contributed by atoms with Gasteiger partial charge in [0.15, 0.2) is 0 Å². The molecule has 0 saturated carbocycles. The van der Waals surface area contributed by atoms with Gasteiger partial charge in [0, 0.05) is 11.0 Å². The van der Waals surface area contributed by atoms with Crippen molar-refractivity contribution in [3.63, 3.8) is 0 Å². The summed E-state index contributed by atoms with van der Waals surface area (Å²) in [6.07, 6.45) is 2.97. The van der Waals surface area contributed by atoms with Crippen LogP contribution in [0.3, 0.4) is 0 Å². The zero-order chi connectivity index (χ0) is 9.68. The quantitative estimate of drug-likeness (QED) is 0.324. The summed E-state index contributed by atoms with van der Waals surface area (Å²) >= 11 is 5.38. The molecule has 0 aliphatic heterocycles. The summed E-state index contributed by atoms with van der Waals surface area (Å²) in [5.74, 6) is 0. The van der Waals surface area contributed by atoms with Gasteiger partial charge < -0.3 is 0 Å². The second kappa shape index (κ2) is 4.62. The van der Waals surface area contributed by atoms with E-state index in [2.05, 4.69) is 0 Å². The van der Waals surface area contributed by atoms with E-state index < -0.39 is 10.4 Å². The molecule has 0 heterocycles. The first-order valence-electron chi connectivity index (χ1n) is 3.71. The standard InChI is InChI=1S/C9H8ClNO2/c10-9(11(12)13)7-6-8-4-2-1-3-5-8/h1-7,9H. The Kier molecular flexibility index (Phi) is 3.46. The Balaban J connectivity index is 2.64. The van der Waals surface area contributed by atoms with Crippen LogP contribution in [0.5, 0.6) is 0 Å². The van der Waals surface area contributed by atoms with Crippen LogP contribution in [0.15, 0.2) is 36.4 Å². The summed E-state index contributed by atoms with van der Waals surface area (Å²) in [4.78, 5) is 9.59. The van der Waals surface area contributed by atoms with E-state index in [9.17, 15) is 10.1 Å². The number of halogens is 1. The molecule has 4 heteroatoms. The van der Waals surface area contributed by atoms with Gasteiger partial charge in [-0.25, -0.2) is 0 Å². The topological polar surface area (TPSA) is 43.1 Å². The molecule has 68 valence electrons. The van der Waals surface area contributed by atoms with Crippen molar-refractivity contribution in [1.29, 1.82) is 0 Å². The summed E-state index contributed by atoms with van der Waals surface area (Å²) in [6.45, 7) is 0. The minimum absolute atomic E-state index is 0.555. The number of nitrogens with zero attached hydrogens (tertiary/aromatic N) is 1. The molecule has 0 saturated heterocycles. The van der Waals surface area contributed by atoms with Crippen LogP contribution in [0.25, 0.3) is 6.08 Å². The van der Waals surface area contributed by atoms with Crippen LogP contribution in [0.1, 0.15) is 5.56 Å². The van der Waals surface area contributed by atoms with Crippen molar-refractivity contribution in [3.05, 3.63) is 52.1 Å². The molecule has 3 nitrogen and oxygen atoms in total. The third kappa shape index (κ3) is 3.25. The molecule has 0 radical (unpaired) electrons. The monoisotopic (exact) mass is 197 g/mol. The maximum absolute atomic E-state index is 10.1. The number of hydrogen-bond acceptors (Lipinski definition) is 2. The fraction of sp³-hybridized carbons (Fsp3) is 0.111. The number of benzene rings is 1. The van der Waals surface area contributed by atoms with Crippen LogP contribution in [-0.2, 0) is 0 Å². The first-order chi connectivity index (χ1) is 6.20. The lowest BCUT2D eigenvalue weighted by Crippen LogP contribution is -2.07. The van der Waals surface area contributed by atoms with E-state index in [1.54, 1.807) is 6.08 Å². The number of hydrogen-bond donors (Lipinski definition) is 0. The van der Waals surface area contributed by atoms with Crippen LogP contribution >= 0.6 is 11.6 Å². The van der Waals surface area contributed by atoms with E-state index >= 15 is 0 Å². The van der Waals surface area contributed by atoms with Gasteiger partial charge in [0.05, 0.1) is 0 Å². The van der Waals surface area contributed by atoms with Gasteiger partial charge in [-0.05, 0) is 17.2 Å². The Morgan fingerprint density at radius 3 is 2.54 bits per heavy atom. The van der Waals surface area contributed by atoms with Crippen LogP contribution < -0.4 is 0 Å².